The number of amides is 2. The first-order valence-electron chi connectivity index (χ1n) is 8.64. The van der Waals surface area contributed by atoms with Gasteiger partial charge in [-0.05, 0) is 0 Å². The summed E-state index contributed by atoms with van der Waals surface area (Å²) >= 11 is 0. The number of aromatic nitrogens is 2. The third-order valence-corrected chi connectivity index (χ3v) is 5.35. The molecule has 9 heteroatoms. The van der Waals surface area contributed by atoms with Crippen LogP contribution in [-0.4, -0.2) is 77.4 Å². The molecule has 4 rings (SSSR count). The summed E-state index contributed by atoms with van der Waals surface area (Å²) in [5, 5.41) is 7.70. The lowest BCUT2D eigenvalue weighted by Gasteiger charge is -2.27. The second-order valence-corrected chi connectivity index (χ2v) is 7.06. The Balaban J connectivity index is 1.52. The number of nitrogens with zero attached hydrogens (tertiary/aromatic N) is 4. The van der Waals surface area contributed by atoms with Crippen molar-refractivity contribution in [1.29, 1.82) is 0 Å². The molecule has 4 heterocycles. The Hall–Kier alpha value is -2.26. The van der Waals surface area contributed by atoms with Gasteiger partial charge in [-0.1, -0.05) is 12.2 Å². The molecule has 3 aliphatic rings. The molecule has 140 valence electrons. The molecule has 9 nitrogen and oxygen atoms in total. The van der Waals surface area contributed by atoms with E-state index < -0.39 is 17.4 Å². The third-order valence-electron chi connectivity index (χ3n) is 5.35. The largest absolute Gasteiger partial charge is 0.424 e. The lowest BCUT2D eigenvalue weighted by molar-refractivity contribution is -0.143. The molecular formula is C17H22N4O5. The first kappa shape index (κ1) is 17.2. The van der Waals surface area contributed by atoms with Crippen LogP contribution in [0.3, 0.4) is 0 Å². The Labute approximate surface area is 150 Å². The van der Waals surface area contributed by atoms with Crippen molar-refractivity contribution in [3.8, 4) is 0 Å². The van der Waals surface area contributed by atoms with Crippen LogP contribution < -0.4 is 0 Å². The average molecular weight is 362 g/mol. The molecule has 1 aromatic rings. The minimum atomic E-state index is -0.697. The van der Waals surface area contributed by atoms with Gasteiger partial charge >= 0.3 is 0 Å². The van der Waals surface area contributed by atoms with Gasteiger partial charge in [0.05, 0.1) is 37.6 Å². The Kier molecular flexibility index (Phi) is 4.07. The highest BCUT2D eigenvalue weighted by Gasteiger charge is 2.67. The number of rotatable bonds is 6. The molecule has 2 fully saturated rings. The lowest BCUT2D eigenvalue weighted by atomic mass is 9.76. The molecule has 0 radical (unpaired) electrons. The van der Waals surface area contributed by atoms with Gasteiger partial charge in [0, 0.05) is 27.6 Å². The lowest BCUT2D eigenvalue weighted by Crippen LogP contribution is -2.44. The van der Waals surface area contributed by atoms with Crippen LogP contribution in [0.5, 0.6) is 0 Å². The number of hydrogen-bond acceptors (Lipinski definition) is 7. The van der Waals surface area contributed by atoms with Crippen molar-refractivity contribution in [3.05, 3.63) is 23.9 Å². The van der Waals surface area contributed by atoms with Crippen molar-refractivity contribution in [1.82, 2.24) is 20.0 Å². The van der Waals surface area contributed by atoms with E-state index in [-0.39, 0.29) is 24.5 Å². The molecular weight excluding hydrogens is 340 g/mol. The number of likely N-dealkylation sites (tertiary alicyclic amines) is 1. The molecule has 2 saturated heterocycles. The average Bonchev–Trinajstić information content (AvgIpc) is 3.34. The molecule has 3 aliphatic heterocycles. The van der Waals surface area contributed by atoms with Gasteiger partial charge in [-0.3, -0.25) is 9.59 Å². The van der Waals surface area contributed by atoms with Crippen molar-refractivity contribution in [2.75, 3.05) is 33.9 Å². The number of hydrogen-bond donors (Lipinski definition) is 0. The first-order valence-corrected chi connectivity index (χ1v) is 8.64. The summed E-state index contributed by atoms with van der Waals surface area (Å²) in [4.78, 5) is 29.2. The van der Waals surface area contributed by atoms with Crippen LogP contribution in [0.2, 0.25) is 0 Å². The summed E-state index contributed by atoms with van der Waals surface area (Å²) in [6.45, 7) is 3.31. The number of methoxy groups -OCH3 is 1. The fourth-order valence-corrected chi connectivity index (χ4v) is 4.19. The number of aryl methyl sites for hydroxylation is 1. The summed E-state index contributed by atoms with van der Waals surface area (Å²) in [5.41, 5.74) is -0.697. The molecule has 26 heavy (non-hydrogen) atoms. The molecule has 1 aromatic heterocycles. The van der Waals surface area contributed by atoms with Gasteiger partial charge in [-0.25, -0.2) is 0 Å². The summed E-state index contributed by atoms with van der Waals surface area (Å²) in [6.07, 6.45) is 3.47. The van der Waals surface area contributed by atoms with Gasteiger partial charge in [0.1, 0.15) is 5.60 Å². The number of carbonyl (C=O) groups excluding carboxylic acids is 2. The van der Waals surface area contributed by atoms with E-state index in [1.165, 1.54) is 4.90 Å². The highest BCUT2D eigenvalue weighted by Crippen LogP contribution is 2.52. The number of fused-ring (bicyclic) bond motifs is 1. The van der Waals surface area contributed by atoms with E-state index in [0.717, 1.165) is 0 Å². The van der Waals surface area contributed by atoms with Crippen LogP contribution in [0.25, 0.3) is 0 Å². The highest BCUT2D eigenvalue weighted by molar-refractivity contribution is 5.92. The van der Waals surface area contributed by atoms with Gasteiger partial charge in [-0.15, -0.1) is 10.2 Å². The van der Waals surface area contributed by atoms with E-state index in [1.54, 1.807) is 26.0 Å². The molecule has 2 bridgehead atoms. The fraction of sp³-hybridized carbons (Fsp3) is 0.647. The minimum absolute atomic E-state index is 0.0470. The minimum Gasteiger partial charge on any atom is -0.424 e. The zero-order chi connectivity index (χ0) is 18.5. The predicted octanol–water partition coefficient (Wildman–Crippen LogP) is -0.235. The summed E-state index contributed by atoms with van der Waals surface area (Å²) in [7, 11) is 3.27. The Morgan fingerprint density at radius 3 is 3.00 bits per heavy atom. The van der Waals surface area contributed by atoms with E-state index in [9.17, 15) is 9.59 Å². The van der Waals surface area contributed by atoms with Gasteiger partial charge in [0.2, 0.25) is 23.6 Å². The van der Waals surface area contributed by atoms with Gasteiger partial charge < -0.3 is 23.7 Å². The monoisotopic (exact) mass is 362 g/mol. The van der Waals surface area contributed by atoms with E-state index in [1.807, 2.05) is 12.2 Å². The molecule has 4 atom stereocenters. The van der Waals surface area contributed by atoms with E-state index in [4.69, 9.17) is 13.9 Å². The quantitative estimate of drug-likeness (QED) is 0.645. The summed E-state index contributed by atoms with van der Waals surface area (Å²) in [6, 6.07) is 0. The fourth-order valence-electron chi connectivity index (χ4n) is 4.19. The van der Waals surface area contributed by atoms with E-state index in [2.05, 4.69) is 10.2 Å². The Morgan fingerprint density at radius 2 is 2.31 bits per heavy atom. The molecule has 0 aromatic carbocycles. The van der Waals surface area contributed by atoms with Crippen molar-refractivity contribution < 1.29 is 23.5 Å². The van der Waals surface area contributed by atoms with Crippen LogP contribution in [-0.2, 0) is 25.6 Å². The molecule has 0 unspecified atom stereocenters. The Bertz CT molecular complexity index is 762. The Morgan fingerprint density at radius 1 is 1.50 bits per heavy atom. The SMILES string of the molecule is COCCN1C[C@]23C=C[C@H](O2)[C@@H](C(=O)N(C)Cc2nnc(C)o2)[C@@H]3C1=O. The maximum Gasteiger partial charge on any atom is 0.235 e. The molecule has 0 saturated carbocycles. The van der Waals surface area contributed by atoms with Crippen LogP contribution in [0.4, 0.5) is 0 Å². The smallest absolute Gasteiger partial charge is 0.235 e. The molecule has 0 aliphatic carbocycles. The van der Waals surface area contributed by atoms with Crippen LogP contribution in [0.1, 0.15) is 11.8 Å². The molecule has 1 spiro atoms. The second kappa shape index (κ2) is 6.17. The van der Waals surface area contributed by atoms with Crippen molar-refractivity contribution in [3.63, 3.8) is 0 Å². The normalized spacial score (nSPS) is 31.7. The van der Waals surface area contributed by atoms with Crippen LogP contribution in [0.15, 0.2) is 16.6 Å². The maximum absolute atomic E-state index is 13.1. The van der Waals surface area contributed by atoms with Crippen LogP contribution >= 0.6 is 0 Å². The second-order valence-electron chi connectivity index (χ2n) is 7.06. The van der Waals surface area contributed by atoms with Gasteiger partial charge in [-0.2, -0.15) is 0 Å². The highest BCUT2D eigenvalue weighted by atomic mass is 16.5. The zero-order valence-electron chi connectivity index (χ0n) is 15.0. The predicted molar refractivity (Wildman–Crippen MR) is 87.7 cm³/mol. The number of ether oxygens (including phenoxy) is 2. The van der Waals surface area contributed by atoms with Gasteiger partial charge in [0.15, 0.2) is 0 Å². The third kappa shape index (κ3) is 2.53. The summed E-state index contributed by atoms with van der Waals surface area (Å²) < 4.78 is 16.5. The zero-order valence-corrected chi connectivity index (χ0v) is 15.0. The van der Waals surface area contributed by atoms with Crippen molar-refractivity contribution >= 4 is 11.8 Å². The molecule has 0 N–H and O–H groups in total. The maximum atomic E-state index is 13.1. The van der Waals surface area contributed by atoms with Crippen molar-refractivity contribution in [2.24, 2.45) is 11.8 Å². The van der Waals surface area contributed by atoms with E-state index >= 15 is 0 Å². The first-order chi connectivity index (χ1) is 12.4. The standard InChI is InChI=1S/C17H22N4O5/c1-10-18-19-12(25-10)8-20(2)15(22)13-11-4-5-17(26-11)9-21(6-7-24-3)16(23)14(13)17/h4-5,11,13-14H,6-9H2,1-3H3/t11-,13+,14+,17-/m0/s1. The molecule has 2 amide bonds. The topological polar surface area (TPSA) is 98.0 Å². The van der Waals surface area contributed by atoms with Crippen molar-refractivity contribution in [2.45, 2.75) is 25.2 Å². The summed E-state index contributed by atoms with van der Waals surface area (Å²) in [5.74, 6) is -0.404. The van der Waals surface area contributed by atoms with Gasteiger partial charge in [0.25, 0.3) is 0 Å². The van der Waals surface area contributed by atoms with E-state index in [0.29, 0.717) is 31.5 Å². The number of carbonyl (C=O) groups is 2. The van der Waals surface area contributed by atoms with Crippen LogP contribution in [0, 0.1) is 18.8 Å².